The molecule has 0 bridgehead atoms. The summed E-state index contributed by atoms with van der Waals surface area (Å²) in [7, 11) is -3.03. The molecule has 0 saturated carbocycles. The SMILES string of the molecule is CCN(C(=O)c1cnc(NC(C)(C)C)cn1)C1CCS(=O)(=O)C1. The van der Waals surface area contributed by atoms with Crippen LogP contribution in [0, 0.1) is 0 Å². The lowest BCUT2D eigenvalue weighted by atomic mass is 10.1. The average Bonchev–Trinajstić information content (AvgIpc) is 2.78. The van der Waals surface area contributed by atoms with E-state index in [0.29, 0.717) is 18.8 Å². The number of carbonyl (C=O) groups is 1. The molecule has 1 saturated heterocycles. The molecule has 0 aliphatic carbocycles. The Kier molecular flexibility index (Phi) is 4.93. The lowest BCUT2D eigenvalue weighted by Crippen LogP contribution is -2.41. The normalized spacial score (nSPS) is 20.3. The van der Waals surface area contributed by atoms with Crippen LogP contribution in [0.15, 0.2) is 12.4 Å². The number of carbonyl (C=O) groups excluding carboxylic acids is 1. The van der Waals surface area contributed by atoms with Gasteiger partial charge in [-0.25, -0.2) is 18.4 Å². The van der Waals surface area contributed by atoms with Gasteiger partial charge in [0.05, 0.1) is 23.9 Å². The second kappa shape index (κ2) is 6.43. The van der Waals surface area contributed by atoms with Crippen molar-refractivity contribution in [3.05, 3.63) is 18.1 Å². The van der Waals surface area contributed by atoms with Gasteiger partial charge in [0, 0.05) is 18.1 Å². The lowest BCUT2D eigenvalue weighted by molar-refractivity contribution is 0.0702. The van der Waals surface area contributed by atoms with E-state index in [-0.39, 0.29) is 34.7 Å². The zero-order valence-electron chi connectivity index (χ0n) is 14.0. The van der Waals surface area contributed by atoms with Crippen molar-refractivity contribution >= 4 is 21.6 Å². The average molecular weight is 340 g/mol. The fourth-order valence-electron chi connectivity index (χ4n) is 2.62. The second-order valence-electron chi connectivity index (χ2n) is 6.81. The predicted octanol–water partition coefficient (Wildman–Crippen LogP) is 1.34. The topological polar surface area (TPSA) is 92.3 Å². The fourth-order valence-corrected chi connectivity index (χ4v) is 4.35. The van der Waals surface area contributed by atoms with E-state index < -0.39 is 9.84 Å². The van der Waals surface area contributed by atoms with Crippen molar-refractivity contribution in [2.75, 3.05) is 23.4 Å². The highest BCUT2D eigenvalue weighted by Gasteiger charge is 2.34. The van der Waals surface area contributed by atoms with Crippen LogP contribution in [0.1, 0.15) is 44.6 Å². The van der Waals surface area contributed by atoms with Crippen molar-refractivity contribution in [3.8, 4) is 0 Å². The van der Waals surface area contributed by atoms with Crippen molar-refractivity contribution in [2.45, 2.75) is 45.7 Å². The van der Waals surface area contributed by atoms with Gasteiger partial charge in [0.1, 0.15) is 11.5 Å². The Morgan fingerprint density at radius 1 is 1.35 bits per heavy atom. The summed E-state index contributed by atoms with van der Waals surface area (Å²) in [6.45, 7) is 8.31. The van der Waals surface area contributed by atoms with Gasteiger partial charge in [-0.1, -0.05) is 0 Å². The van der Waals surface area contributed by atoms with Gasteiger partial charge < -0.3 is 10.2 Å². The predicted molar refractivity (Wildman–Crippen MR) is 89.2 cm³/mol. The van der Waals surface area contributed by atoms with Crippen LogP contribution in [-0.4, -0.2) is 58.8 Å². The van der Waals surface area contributed by atoms with Crippen LogP contribution >= 0.6 is 0 Å². The molecule has 1 aromatic heterocycles. The number of anilines is 1. The molecule has 8 heteroatoms. The van der Waals surface area contributed by atoms with Gasteiger partial charge in [0.25, 0.3) is 5.91 Å². The molecule has 1 atom stereocenters. The van der Waals surface area contributed by atoms with Crippen molar-refractivity contribution in [3.63, 3.8) is 0 Å². The Morgan fingerprint density at radius 3 is 2.48 bits per heavy atom. The summed E-state index contributed by atoms with van der Waals surface area (Å²) in [6.07, 6.45) is 3.44. The molecule has 1 amide bonds. The van der Waals surface area contributed by atoms with E-state index in [1.165, 1.54) is 12.4 Å². The largest absolute Gasteiger partial charge is 0.364 e. The molecule has 1 fully saturated rings. The molecule has 1 aliphatic heterocycles. The van der Waals surface area contributed by atoms with Gasteiger partial charge in [0.15, 0.2) is 9.84 Å². The summed E-state index contributed by atoms with van der Waals surface area (Å²) >= 11 is 0. The molecule has 0 aromatic carbocycles. The lowest BCUT2D eigenvalue weighted by Gasteiger charge is -2.26. The number of hydrogen-bond donors (Lipinski definition) is 1. The molecule has 7 nitrogen and oxygen atoms in total. The van der Waals surface area contributed by atoms with Crippen LogP contribution < -0.4 is 5.32 Å². The van der Waals surface area contributed by atoms with E-state index in [2.05, 4.69) is 15.3 Å². The van der Waals surface area contributed by atoms with E-state index in [1.54, 1.807) is 4.90 Å². The Balaban J connectivity index is 2.12. The van der Waals surface area contributed by atoms with Gasteiger partial charge in [-0.05, 0) is 34.1 Å². The van der Waals surface area contributed by atoms with Crippen LogP contribution in [0.5, 0.6) is 0 Å². The van der Waals surface area contributed by atoms with E-state index in [0.717, 1.165) is 0 Å². The molecular weight excluding hydrogens is 316 g/mol. The molecule has 23 heavy (non-hydrogen) atoms. The number of sulfone groups is 1. The number of hydrogen-bond acceptors (Lipinski definition) is 6. The molecule has 2 heterocycles. The number of nitrogens with zero attached hydrogens (tertiary/aromatic N) is 3. The van der Waals surface area contributed by atoms with Crippen molar-refractivity contribution in [1.29, 1.82) is 0 Å². The molecule has 1 aliphatic rings. The molecule has 128 valence electrons. The summed E-state index contributed by atoms with van der Waals surface area (Å²) in [4.78, 5) is 22.5. The summed E-state index contributed by atoms with van der Waals surface area (Å²) in [5.74, 6) is 0.496. The van der Waals surface area contributed by atoms with Crippen LogP contribution in [0.4, 0.5) is 5.82 Å². The molecule has 0 spiro atoms. The van der Waals surface area contributed by atoms with E-state index in [4.69, 9.17) is 0 Å². The Labute approximate surface area is 137 Å². The summed E-state index contributed by atoms with van der Waals surface area (Å²) in [6, 6.07) is -0.272. The molecular formula is C15H24N4O3S. The Hall–Kier alpha value is -1.70. The van der Waals surface area contributed by atoms with Crippen LogP contribution in [0.2, 0.25) is 0 Å². The first-order valence-corrected chi connectivity index (χ1v) is 9.55. The van der Waals surface area contributed by atoms with Gasteiger partial charge >= 0.3 is 0 Å². The number of amides is 1. The smallest absolute Gasteiger partial charge is 0.274 e. The zero-order valence-corrected chi connectivity index (χ0v) is 14.9. The molecule has 1 aromatic rings. The first-order valence-electron chi connectivity index (χ1n) is 7.73. The second-order valence-corrected chi connectivity index (χ2v) is 9.04. The first-order chi connectivity index (χ1) is 10.6. The third-order valence-corrected chi connectivity index (χ3v) is 5.38. The van der Waals surface area contributed by atoms with E-state index in [9.17, 15) is 13.2 Å². The molecule has 1 unspecified atom stereocenters. The summed E-state index contributed by atoms with van der Waals surface area (Å²) in [5, 5.41) is 3.18. The third-order valence-electron chi connectivity index (χ3n) is 3.62. The molecule has 0 radical (unpaired) electrons. The highest BCUT2D eigenvalue weighted by atomic mass is 32.2. The Morgan fingerprint density at radius 2 is 2.04 bits per heavy atom. The maximum Gasteiger partial charge on any atom is 0.274 e. The fraction of sp³-hybridized carbons (Fsp3) is 0.667. The zero-order chi connectivity index (χ0) is 17.3. The van der Waals surface area contributed by atoms with Crippen molar-refractivity contribution in [1.82, 2.24) is 14.9 Å². The minimum atomic E-state index is -3.03. The first kappa shape index (κ1) is 17.7. The molecule has 1 N–H and O–H groups in total. The van der Waals surface area contributed by atoms with Gasteiger partial charge in [0.2, 0.25) is 0 Å². The standard InChI is InChI=1S/C15H24N4O3S/c1-5-19(11-6-7-23(21,22)10-11)14(20)12-8-17-13(9-16-12)18-15(2,3)4/h8-9,11H,5-7,10H2,1-4H3,(H,17,18). The third kappa shape index (κ3) is 4.63. The van der Waals surface area contributed by atoms with Crippen molar-refractivity contribution in [2.24, 2.45) is 0 Å². The van der Waals surface area contributed by atoms with E-state index in [1.807, 2.05) is 27.7 Å². The minimum absolute atomic E-state index is 0.0314. The van der Waals surface area contributed by atoms with Crippen LogP contribution in [0.25, 0.3) is 0 Å². The number of nitrogens with one attached hydrogen (secondary N) is 1. The Bertz CT molecular complexity index is 665. The summed E-state index contributed by atoms with van der Waals surface area (Å²) < 4.78 is 23.2. The van der Waals surface area contributed by atoms with E-state index >= 15 is 0 Å². The molecule has 2 rings (SSSR count). The maximum absolute atomic E-state index is 12.6. The van der Waals surface area contributed by atoms with Crippen LogP contribution in [0.3, 0.4) is 0 Å². The number of aromatic nitrogens is 2. The minimum Gasteiger partial charge on any atom is -0.364 e. The van der Waals surface area contributed by atoms with Gasteiger partial charge in [-0.3, -0.25) is 4.79 Å². The van der Waals surface area contributed by atoms with Gasteiger partial charge in [-0.2, -0.15) is 0 Å². The highest BCUT2D eigenvalue weighted by molar-refractivity contribution is 7.91. The monoisotopic (exact) mass is 340 g/mol. The quantitative estimate of drug-likeness (QED) is 0.889. The summed E-state index contributed by atoms with van der Waals surface area (Å²) in [5.41, 5.74) is 0.0871. The van der Waals surface area contributed by atoms with Gasteiger partial charge in [-0.15, -0.1) is 0 Å². The number of rotatable bonds is 4. The van der Waals surface area contributed by atoms with Crippen LogP contribution in [-0.2, 0) is 9.84 Å². The highest BCUT2D eigenvalue weighted by Crippen LogP contribution is 2.19. The maximum atomic E-state index is 12.6. The van der Waals surface area contributed by atoms with Crippen molar-refractivity contribution < 1.29 is 13.2 Å².